The van der Waals surface area contributed by atoms with Gasteiger partial charge in [0.15, 0.2) is 11.4 Å². The number of nitrogens with two attached hydrogens (primary N) is 1. The molecule has 4 aromatic rings. The molecule has 5 rings (SSSR count). The maximum atomic E-state index is 6.16. The van der Waals surface area contributed by atoms with Crippen LogP contribution in [0.5, 0.6) is 0 Å². The van der Waals surface area contributed by atoms with E-state index < -0.39 is 0 Å². The Balaban J connectivity index is 1.55. The van der Waals surface area contributed by atoms with Crippen LogP contribution in [0.1, 0.15) is 43.6 Å². The first kappa shape index (κ1) is 16.1. The highest BCUT2D eigenvalue weighted by Crippen LogP contribution is 2.34. The van der Waals surface area contributed by atoms with Crippen molar-refractivity contribution in [1.82, 2.24) is 19.6 Å². The van der Waals surface area contributed by atoms with Gasteiger partial charge in [-0.2, -0.15) is 4.52 Å². The lowest BCUT2D eigenvalue weighted by Crippen LogP contribution is -2.05. The summed E-state index contributed by atoms with van der Waals surface area (Å²) in [5.41, 5.74) is 10.1. The van der Waals surface area contributed by atoms with Crippen LogP contribution in [-0.4, -0.2) is 19.6 Å². The topological polar surface area (TPSA) is 82.2 Å². The van der Waals surface area contributed by atoms with Crippen LogP contribution in [0.2, 0.25) is 0 Å². The largest absolute Gasteiger partial charge is 0.461 e. The predicted octanol–water partition coefficient (Wildman–Crippen LogP) is 4.68. The molecule has 0 atom stereocenters. The number of hydrogen-bond acceptors (Lipinski definition) is 5. The molecular weight excluding hydrogens is 338 g/mol. The molecule has 0 bridgehead atoms. The lowest BCUT2D eigenvalue weighted by Gasteiger charge is -2.22. The average molecular weight is 359 g/mol. The SMILES string of the molecule is Nc1nc(-c2cccc(C3CCCCC3)c2)cc2nc(-c3ccco3)nn12. The van der Waals surface area contributed by atoms with Crippen LogP contribution in [0.4, 0.5) is 5.95 Å². The van der Waals surface area contributed by atoms with Crippen molar-refractivity contribution >= 4 is 11.6 Å². The fourth-order valence-electron chi connectivity index (χ4n) is 3.96. The monoisotopic (exact) mass is 359 g/mol. The number of fused-ring (bicyclic) bond motifs is 1. The molecule has 6 nitrogen and oxygen atoms in total. The number of hydrogen-bond donors (Lipinski definition) is 1. The van der Waals surface area contributed by atoms with Crippen molar-refractivity contribution in [3.8, 4) is 22.8 Å². The van der Waals surface area contributed by atoms with E-state index in [2.05, 4.69) is 39.3 Å². The van der Waals surface area contributed by atoms with Crippen LogP contribution in [0, 0.1) is 0 Å². The van der Waals surface area contributed by atoms with Crippen molar-refractivity contribution in [3.05, 3.63) is 54.3 Å². The Morgan fingerprint density at radius 1 is 1.00 bits per heavy atom. The second-order valence-electron chi connectivity index (χ2n) is 7.14. The third-order valence-electron chi connectivity index (χ3n) is 5.35. The highest BCUT2D eigenvalue weighted by molar-refractivity contribution is 5.67. The summed E-state index contributed by atoms with van der Waals surface area (Å²) in [5, 5.41) is 4.40. The van der Waals surface area contributed by atoms with Crippen LogP contribution >= 0.6 is 0 Å². The fourth-order valence-corrected chi connectivity index (χ4v) is 3.96. The molecule has 0 spiro atoms. The van der Waals surface area contributed by atoms with E-state index in [4.69, 9.17) is 10.2 Å². The summed E-state index contributed by atoms with van der Waals surface area (Å²) in [6.45, 7) is 0. The zero-order chi connectivity index (χ0) is 18.2. The van der Waals surface area contributed by atoms with Gasteiger partial charge < -0.3 is 10.2 Å². The van der Waals surface area contributed by atoms with Crippen LogP contribution in [0.3, 0.4) is 0 Å². The number of benzene rings is 1. The third kappa shape index (κ3) is 2.97. The van der Waals surface area contributed by atoms with Crippen molar-refractivity contribution in [2.75, 3.05) is 5.73 Å². The minimum Gasteiger partial charge on any atom is -0.461 e. The van der Waals surface area contributed by atoms with Gasteiger partial charge in [-0.1, -0.05) is 37.5 Å². The van der Waals surface area contributed by atoms with Crippen LogP contribution < -0.4 is 5.73 Å². The lowest BCUT2D eigenvalue weighted by atomic mass is 9.83. The maximum absolute atomic E-state index is 6.16. The molecule has 0 unspecified atom stereocenters. The number of furan rings is 1. The fraction of sp³-hybridized carbons (Fsp3) is 0.286. The smallest absolute Gasteiger partial charge is 0.223 e. The molecule has 3 aromatic heterocycles. The Hall–Kier alpha value is -3.15. The van der Waals surface area contributed by atoms with Gasteiger partial charge in [0.1, 0.15) is 0 Å². The third-order valence-corrected chi connectivity index (χ3v) is 5.35. The standard InChI is InChI=1S/C21H21N5O/c22-21-23-17(13-19-24-20(25-26(19)21)18-10-5-11-27-18)16-9-4-8-15(12-16)14-6-2-1-3-7-14/h4-5,8-14H,1-3,6-7H2,(H2,22,23). The molecule has 0 amide bonds. The summed E-state index contributed by atoms with van der Waals surface area (Å²) in [6.07, 6.45) is 8.15. The maximum Gasteiger partial charge on any atom is 0.223 e. The Bertz CT molecular complexity index is 1080. The van der Waals surface area contributed by atoms with E-state index >= 15 is 0 Å². The lowest BCUT2D eigenvalue weighted by molar-refractivity contribution is 0.443. The Morgan fingerprint density at radius 2 is 1.89 bits per heavy atom. The summed E-state index contributed by atoms with van der Waals surface area (Å²) < 4.78 is 6.94. The molecule has 6 heteroatoms. The van der Waals surface area contributed by atoms with Gasteiger partial charge in [-0.15, -0.1) is 5.10 Å². The van der Waals surface area contributed by atoms with Gasteiger partial charge in [0.25, 0.3) is 0 Å². The van der Waals surface area contributed by atoms with Crippen molar-refractivity contribution in [3.63, 3.8) is 0 Å². The van der Waals surface area contributed by atoms with Crippen molar-refractivity contribution in [2.24, 2.45) is 0 Å². The molecule has 1 aliphatic rings. The van der Waals surface area contributed by atoms with Crippen molar-refractivity contribution < 1.29 is 4.42 Å². The van der Waals surface area contributed by atoms with E-state index in [0.29, 0.717) is 29.1 Å². The van der Waals surface area contributed by atoms with Gasteiger partial charge in [0.2, 0.25) is 11.8 Å². The second kappa shape index (κ2) is 6.54. The zero-order valence-corrected chi connectivity index (χ0v) is 15.0. The van der Waals surface area contributed by atoms with E-state index in [9.17, 15) is 0 Å². The zero-order valence-electron chi connectivity index (χ0n) is 15.0. The first-order chi connectivity index (χ1) is 13.3. The molecule has 0 radical (unpaired) electrons. The summed E-state index contributed by atoms with van der Waals surface area (Å²) in [5.74, 6) is 2.08. The normalized spacial score (nSPS) is 15.4. The van der Waals surface area contributed by atoms with Gasteiger partial charge in [-0.25, -0.2) is 9.97 Å². The van der Waals surface area contributed by atoms with Crippen molar-refractivity contribution in [1.29, 1.82) is 0 Å². The number of aromatic nitrogens is 4. The van der Waals surface area contributed by atoms with Gasteiger partial charge in [0.05, 0.1) is 12.0 Å². The summed E-state index contributed by atoms with van der Waals surface area (Å²) in [6, 6.07) is 14.2. The minimum atomic E-state index is 0.316. The van der Waals surface area contributed by atoms with Gasteiger partial charge in [-0.05, 0) is 42.5 Å². The predicted molar refractivity (Wildman–Crippen MR) is 104 cm³/mol. The molecule has 136 valence electrons. The van der Waals surface area contributed by atoms with E-state index in [1.165, 1.54) is 37.7 Å². The number of nitrogens with zero attached hydrogens (tertiary/aromatic N) is 4. The Morgan fingerprint density at radius 3 is 2.70 bits per heavy atom. The highest BCUT2D eigenvalue weighted by atomic mass is 16.3. The first-order valence-electron chi connectivity index (χ1n) is 9.45. The van der Waals surface area contributed by atoms with Crippen LogP contribution in [0.15, 0.2) is 53.1 Å². The average Bonchev–Trinajstić information content (AvgIpc) is 3.38. The van der Waals surface area contributed by atoms with Crippen LogP contribution in [-0.2, 0) is 0 Å². The molecule has 3 heterocycles. The van der Waals surface area contributed by atoms with Gasteiger partial charge in [0, 0.05) is 11.6 Å². The highest BCUT2D eigenvalue weighted by Gasteiger charge is 2.17. The Labute approximate surface area is 157 Å². The molecule has 1 fully saturated rings. The quantitative estimate of drug-likeness (QED) is 0.574. The van der Waals surface area contributed by atoms with Crippen LogP contribution in [0.25, 0.3) is 28.5 Å². The molecular formula is C21H21N5O. The van der Waals surface area contributed by atoms with Crippen molar-refractivity contribution in [2.45, 2.75) is 38.0 Å². The molecule has 27 heavy (non-hydrogen) atoms. The first-order valence-corrected chi connectivity index (χ1v) is 9.45. The molecule has 1 aromatic carbocycles. The molecule has 0 aliphatic heterocycles. The van der Waals surface area contributed by atoms with E-state index in [1.807, 2.05) is 18.2 Å². The second-order valence-corrected chi connectivity index (χ2v) is 7.14. The summed E-state index contributed by atoms with van der Waals surface area (Å²) in [7, 11) is 0. The van der Waals surface area contributed by atoms with Gasteiger partial charge in [-0.3, -0.25) is 0 Å². The number of anilines is 1. The molecule has 1 aliphatic carbocycles. The minimum absolute atomic E-state index is 0.316. The number of rotatable bonds is 3. The van der Waals surface area contributed by atoms with E-state index in [0.717, 1.165) is 11.3 Å². The van der Waals surface area contributed by atoms with E-state index in [-0.39, 0.29) is 0 Å². The number of nitrogen functional groups attached to an aromatic ring is 1. The molecule has 2 N–H and O–H groups in total. The summed E-state index contributed by atoms with van der Waals surface area (Å²) in [4.78, 5) is 9.11. The molecule has 1 saturated carbocycles. The molecule has 0 saturated heterocycles. The van der Waals surface area contributed by atoms with E-state index in [1.54, 1.807) is 10.8 Å². The summed E-state index contributed by atoms with van der Waals surface area (Å²) >= 11 is 0. The Kier molecular flexibility index (Phi) is 3.89. The van der Waals surface area contributed by atoms with Gasteiger partial charge >= 0.3 is 0 Å².